The number of aryl methyl sites for hydroxylation is 1. The summed E-state index contributed by atoms with van der Waals surface area (Å²) < 4.78 is 46.0. The summed E-state index contributed by atoms with van der Waals surface area (Å²) in [6.45, 7) is -0.153. The summed E-state index contributed by atoms with van der Waals surface area (Å²) in [6.07, 6.45) is 0.398. The minimum Gasteiger partial charge on any atom is -0.483 e. The van der Waals surface area contributed by atoms with Crippen molar-refractivity contribution in [1.82, 2.24) is 24.2 Å². The van der Waals surface area contributed by atoms with Crippen LogP contribution in [0.1, 0.15) is 5.82 Å². The van der Waals surface area contributed by atoms with Gasteiger partial charge < -0.3 is 14.4 Å². The number of likely N-dealkylation sites (tertiary alicyclic amines) is 1. The molecule has 0 aromatic carbocycles. The van der Waals surface area contributed by atoms with Gasteiger partial charge in [-0.1, -0.05) is 0 Å². The normalized spacial score (nSPS) is 22.2. The zero-order valence-corrected chi connectivity index (χ0v) is 13.0. The van der Waals surface area contributed by atoms with Crippen LogP contribution in [0.2, 0.25) is 0 Å². The first-order valence-corrected chi connectivity index (χ1v) is 7.42. The molecule has 1 fully saturated rings. The molecule has 10 heteroatoms. The first-order valence-electron chi connectivity index (χ1n) is 7.42. The summed E-state index contributed by atoms with van der Waals surface area (Å²) in [5.74, 6) is 0.850. The molecular formula is C14H18F3N5O2. The largest absolute Gasteiger partial charge is 0.483 e. The number of β-amino-alcohol motifs (C(OH)–C–C–N with tert-alkyl or cyclic N) is 1. The average molecular weight is 345 g/mol. The van der Waals surface area contributed by atoms with Crippen molar-refractivity contribution in [1.29, 1.82) is 0 Å². The van der Waals surface area contributed by atoms with Crippen molar-refractivity contribution < 1.29 is 23.0 Å². The van der Waals surface area contributed by atoms with Gasteiger partial charge >= 0.3 is 6.18 Å². The second-order valence-electron chi connectivity index (χ2n) is 5.85. The quantitative estimate of drug-likeness (QED) is 0.868. The number of halogens is 3. The van der Waals surface area contributed by atoms with Gasteiger partial charge in [-0.15, -0.1) is 0 Å². The van der Waals surface area contributed by atoms with E-state index >= 15 is 0 Å². The molecule has 132 valence electrons. The van der Waals surface area contributed by atoms with Crippen molar-refractivity contribution in [3.8, 4) is 5.75 Å². The first-order chi connectivity index (χ1) is 11.3. The van der Waals surface area contributed by atoms with Gasteiger partial charge in [0.15, 0.2) is 5.75 Å². The standard InChI is InChI=1S/C14H18F3N5O2/c1-20-5-10(4-19-20)24-12-7-21(6-11(12)23)8-13-18-2-3-22(13)9-14(15,16)17/h2-5,11-12,23H,6-9H2,1H3/t11-,12-/m1/s1. The molecule has 0 bridgehead atoms. The van der Waals surface area contributed by atoms with Gasteiger partial charge in [0.1, 0.15) is 24.6 Å². The molecule has 7 nitrogen and oxygen atoms in total. The fraction of sp³-hybridized carbons (Fsp3) is 0.571. The fourth-order valence-corrected chi connectivity index (χ4v) is 2.74. The molecular weight excluding hydrogens is 327 g/mol. The van der Waals surface area contributed by atoms with Crippen LogP contribution in [0.5, 0.6) is 5.75 Å². The summed E-state index contributed by atoms with van der Waals surface area (Å²) in [5, 5.41) is 14.1. The minimum absolute atomic E-state index is 0.215. The maximum atomic E-state index is 12.6. The second kappa shape index (κ2) is 6.44. The molecule has 2 atom stereocenters. The lowest BCUT2D eigenvalue weighted by Crippen LogP contribution is -2.30. The van der Waals surface area contributed by atoms with Crippen LogP contribution in [-0.2, 0) is 20.1 Å². The highest BCUT2D eigenvalue weighted by Gasteiger charge is 2.34. The topological polar surface area (TPSA) is 68.3 Å². The molecule has 0 radical (unpaired) electrons. The summed E-state index contributed by atoms with van der Waals surface area (Å²) in [7, 11) is 1.75. The van der Waals surface area contributed by atoms with Crippen LogP contribution in [0.3, 0.4) is 0 Å². The number of aliphatic hydroxyl groups is 1. The number of alkyl halides is 3. The van der Waals surface area contributed by atoms with E-state index in [1.54, 1.807) is 24.1 Å². The molecule has 0 aliphatic carbocycles. The van der Waals surface area contributed by atoms with Gasteiger partial charge in [0.2, 0.25) is 0 Å². The van der Waals surface area contributed by atoms with Crippen LogP contribution < -0.4 is 4.74 Å². The Morgan fingerprint density at radius 3 is 2.83 bits per heavy atom. The van der Waals surface area contributed by atoms with E-state index in [-0.39, 0.29) is 6.54 Å². The SMILES string of the molecule is Cn1cc(O[C@@H]2CN(Cc3nccn3CC(F)(F)F)C[C@H]2O)cn1. The van der Waals surface area contributed by atoms with E-state index in [0.717, 1.165) is 4.57 Å². The average Bonchev–Trinajstić information content (AvgIpc) is 3.14. The summed E-state index contributed by atoms with van der Waals surface area (Å²) >= 11 is 0. The lowest BCUT2D eigenvalue weighted by atomic mass is 10.3. The maximum absolute atomic E-state index is 12.6. The van der Waals surface area contributed by atoms with Crippen molar-refractivity contribution in [2.45, 2.75) is 31.5 Å². The number of nitrogens with zero attached hydrogens (tertiary/aromatic N) is 5. The van der Waals surface area contributed by atoms with E-state index < -0.39 is 24.9 Å². The lowest BCUT2D eigenvalue weighted by molar-refractivity contribution is -0.141. The predicted octanol–water partition coefficient (Wildman–Crippen LogP) is 0.803. The summed E-state index contributed by atoms with van der Waals surface area (Å²) in [6, 6.07) is 0. The fourth-order valence-electron chi connectivity index (χ4n) is 2.74. The molecule has 2 aromatic heterocycles. The van der Waals surface area contributed by atoms with E-state index in [2.05, 4.69) is 10.1 Å². The van der Waals surface area contributed by atoms with Crippen LogP contribution in [0.25, 0.3) is 0 Å². The number of hydrogen-bond donors (Lipinski definition) is 1. The van der Waals surface area contributed by atoms with Gasteiger partial charge in [0.05, 0.1) is 18.9 Å². The first kappa shape index (κ1) is 16.8. The summed E-state index contributed by atoms with van der Waals surface area (Å²) in [4.78, 5) is 5.81. The molecule has 3 heterocycles. The Morgan fingerprint density at radius 1 is 1.38 bits per heavy atom. The lowest BCUT2D eigenvalue weighted by Gasteiger charge is -2.17. The predicted molar refractivity (Wildman–Crippen MR) is 77.2 cm³/mol. The van der Waals surface area contributed by atoms with Crippen LogP contribution in [0, 0.1) is 0 Å². The number of hydrogen-bond acceptors (Lipinski definition) is 5. The summed E-state index contributed by atoms with van der Waals surface area (Å²) in [5.41, 5.74) is 0. The Kier molecular flexibility index (Phi) is 4.50. The number of aromatic nitrogens is 4. The molecule has 0 spiro atoms. The molecule has 24 heavy (non-hydrogen) atoms. The number of ether oxygens (including phenoxy) is 1. The van der Waals surface area contributed by atoms with E-state index in [1.807, 2.05) is 4.90 Å². The molecule has 0 amide bonds. The van der Waals surface area contributed by atoms with Crippen molar-refractivity contribution >= 4 is 0 Å². The van der Waals surface area contributed by atoms with Crippen molar-refractivity contribution in [3.05, 3.63) is 30.6 Å². The van der Waals surface area contributed by atoms with E-state index in [9.17, 15) is 18.3 Å². The van der Waals surface area contributed by atoms with Gasteiger partial charge in [-0.25, -0.2) is 4.98 Å². The molecule has 3 rings (SSSR count). The third-order valence-electron chi connectivity index (χ3n) is 3.80. The molecule has 1 aliphatic rings. The Hall–Kier alpha value is -2.07. The Morgan fingerprint density at radius 2 is 2.17 bits per heavy atom. The molecule has 2 aromatic rings. The molecule has 1 N–H and O–H groups in total. The highest BCUT2D eigenvalue weighted by atomic mass is 19.4. The van der Waals surface area contributed by atoms with E-state index in [0.29, 0.717) is 24.7 Å². The van der Waals surface area contributed by atoms with E-state index in [4.69, 9.17) is 4.74 Å². The third kappa shape index (κ3) is 4.06. The molecule has 0 saturated carbocycles. The highest BCUT2D eigenvalue weighted by Crippen LogP contribution is 2.21. The van der Waals surface area contributed by atoms with Gasteiger partial charge in [0, 0.05) is 32.5 Å². The number of imidazole rings is 1. The van der Waals surface area contributed by atoms with Crippen LogP contribution in [0.15, 0.2) is 24.8 Å². The van der Waals surface area contributed by atoms with Crippen LogP contribution in [0.4, 0.5) is 13.2 Å². The van der Waals surface area contributed by atoms with Gasteiger partial charge in [-0.2, -0.15) is 18.3 Å². The monoisotopic (exact) mass is 345 g/mol. The smallest absolute Gasteiger partial charge is 0.406 e. The zero-order valence-electron chi connectivity index (χ0n) is 13.0. The minimum atomic E-state index is -4.30. The van der Waals surface area contributed by atoms with Gasteiger partial charge in [-0.3, -0.25) is 9.58 Å². The third-order valence-corrected chi connectivity index (χ3v) is 3.80. The Balaban J connectivity index is 1.60. The number of aliphatic hydroxyl groups excluding tert-OH is 1. The zero-order chi connectivity index (χ0) is 17.3. The van der Waals surface area contributed by atoms with Gasteiger partial charge in [0.25, 0.3) is 0 Å². The van der Waals surface area contributed by atoms with Crippen molar-refractivity contribution in [2.75, 3.05) is 13.1 Å². The van der Waals surface area contributed by atoms with Crippen molar-refractivity contribution in [2.24, 2.45) is 7.05 Å². The highest BCUT2D eigenvalue weighted by molar-refractivity contribution is 5.13. The van der Waals surface area contributed by atoms with E-state index in [1.165, 1.54) is 12.4 Å². The van der Waals surface area contributed by atoms with Crippen LogP contribution in [-0.4, -0.2) is 60.8 Å². The molecule has 1 saturated heterocycles. The molecule has 0 unspecified atom stereocenters. The van der Waals surface area contributed by atoms with Gasteiger partial charge in [-0.05, 0) is 0 Å². The number of rotatable bonds is 5. The van der Waals surface area contributed by atoms with Crippen LogP contribution >= 0.6 is 0 Å². The maximum Gasteiger partial charge on any atom is 0.406 e. The Bertz CT molecular complexity index is 684. The Labute approximate surface area is 136 Å². The molecule has 1 aliphatic heterocycles. The second-order valence-corrected chi connectivity index (χ2v) is 5.85. The van der Waals surface area contributed by atoms with Crippen molar-refractivity contribution in [3.63, 3.8) is 0 Å².